The zero-order valence-electron chi connectivity index (χ0n) is 21.2. The lowest BCUT2D eigenvalue weighted by atomic mass is 9.59. The van der Waals surface area contributed by atoms with E-state index < -0.39 is 34.9 Å². The van der Waals surface area contributed by atoms with Crippen LogP contribution in [0.5, 0.6) is 0 Å². The van der Waals surface area contributed by atoms with Crippen molar-refractivity contribution >= 4 is 23.6 Å². The number of Topliss-reactive ketones (excluding diaryl/α,β-unsaturated/α-hetero) is 1. The lowest BCUT2D eigenvalue weighted by molar-refractivity contribution is -0.149. The van der Waals surface area contributed by atoms with Gasteiger partial charge in [0.05, 0.1) is 30.4 Å². The van der Waals surface area contributed by atoms with Gasteiger partial charge in [0, 0.05) is 24.1 Å². The number of rotatable bonds is 5. The minimum absolute atomic E-state index is 0.0484. The molecule has 0 unspecified atom stereocenters. The molecule has 0 saturated carbocycles. The monoisotopic (exact) mass is 488 g/mol. The predicted octanol–water partition coefficient (Wildman–Crippen LogP) is 3.50. The van der Waals surface area contributed by atoms with E-state index in [-0.39, 0.29) is 43.6 Å². The number of carbonyl (C=O) groups excluding carboxylic acids is 4. The highest BCUT2D eigenvalue weighted by atomic mass is 16.5. The average Bonchev–Trinajstić information content (AvgIpc) is 3.23. The van der Waals surface area contributed by atoms with Crippen molar-refractivity contribution in [2.75, 3.05) is 6.61 Å². The number of carbonyl (C=O) groups is 4. The first-order valence-electron chi connectivity index (χ1n) is 12.6. The molecular formula is C29H32N2O5. The third-order valence-corrected chi connectivity index (χ3v) is 7.92. The second-order valence-corrected chi connectivity index (χ2v) is 10.9. The molecular weight excluding hydrogens is 456 g/mol. The maximum absolute atomic E-state index is 14.3. The zero-order valence-corrected chi connectivity index (χ0v) is 21.2. The fraction of sp³-hybridized carbons (Fsp3) is 0.448. The van der Waals surface area contributed by atoms with Gasteiger partial charge < -0.3 is 14.5 Å². The number of nitrogens with zero attached hydrogens (tertiary/aromatic N) is 2. The molecule has 2 fully saturated rings. The first kappa shape index (κ1) is 24.2. The van der Waals surface area contributed by atoms with Crippen LogP contribution in [0.1, 0.15) is 62.0 Å². The van der Waals surface area contributed by atoms with Gasteiger partial charge in [0.2, 0.25) is 11.8 Å². The number of amides is 2. The van der Waals surface area contributed by atoms with Crippen LogP contribution in [0.25, 0.3) is 0 Å². The van der Waals surface area contributed by atoms with Crippen molar-refractivity contribution in [3.8, 4) is 0 Å². The minimum atomic E-state index is -1.03. The molecule has 2 heterocycles. The van der Waals surface area contributed by atoms with Crippen molar-refractivity contribution in [3.63, 3.8) is 0 Å². The Morgan fingerprint density at radius 1 is 1.00 bits per heavy atom. The van der Waals surface area contributed by atoms with Crippen LogP contribution in [0, 0.1) is 5.92 Å². The molecule has 1 spiro atoms. The minimum Gasteiger partial charge on any atom is -0.466 e. The normalized spacial score (nSPS) is 27.1. The summed E-state index contributed by atoms with van der Waals surface area (Å²) in [5.41, 5.74) is 0.506. The Labute approximate surface area is 211 Å². The molecule has 2 aromatic carbocycles. The van der Waals surface area contributed by atoms with Crippen LogP contribution in [-0.2, 0) is 31.1 Å². The molecule has 0 bridgehead atoms. The Kier molecular flexibility index (Phi) is 5.77. The highest BCUT2D eigenvalue weighted by Gasteiger charge is 2.74. The molecule has 0 aromatic heterocycles. The fourth-order valence-electron chi connectivity index (χ4n) is 6.79. The van der Waals surface area contributed by atoms with Gasteiger partial charge >= 0.3 is 5.97 Å². The van der Waals surface area contributed by atoms with Crippen LogP contribution in [-0.4, -0.2) is 57.6 Å². The van der Waals surface area contributed by atoms with Crippen LogP contribution >= 0.6 is 0 Å². The first-order chi connectivity index (χ1) is 17.1. The maximum atomic E-state index is 14.3. The summed E-state index contributed by atoms with van der Waals surface area (Å²) >= 11 is 0. The number of ketones is 1. The van der Waals surface area contributed by atoms with E-state index in [1.807, 2.05) is 63.2 Å². The van der Waals surface area contributed by atoms with Crippen molar-refractivity contribution in [2.24, 2.45) is 5.92 Å². The number of benzene rings is 2. The van der Waals surface area contributed by atoms with E-state index in [4.69, 9.17) is 4.74 Å². The van der Waals surface area contributed by atoms with Gasteiger partial charge in [-0.1, -0.05) is 54.6 Å². The highest BCUT2D eigenvalue weighted by molar-refractivity contribution is 6.07. The number of likely N-dealkylation sites (tertiary alicyclic amines) is 2. The van der Waals surface area contributed by atoms with Crippen LogP contribution in [0.15, 0.2) is 54.6 Å². The van der Waals surface area contributed by atoms with E-state index >= 15 is 0 Å². The van der Waals surface area contributed by atoms with E-state index in [0.29, 0.717) is 11.1 Å². The molecule has 2 aromatic rings. The first-order valence-corrected chi connectivity index (χ1v) is 12.6. The summed E-state index contributed by atoms with van der Waals surface area (Å²) in [6.45, 7) is 8.04. The largest absolute Gasteiger partial charge is 0.466 e. The van der Waals surface area contributed by atoms with Crippen LogP contribution in [0.2, 0.25) is 0 Å². The molecule has 4 atom stereocenters. The Balaban J connectivity index is 1.76. The smallest absolute Gasteiger partial charge is 0.306 e. The summed E-state index contributed by atoms with van der Waals surface area (Å²) in [4.78, 5) is 58.1. The molecule has 36 heavy (non-hydrogen) atoms. The molecule has 188 valence electrons. The molecule has 2 amide bonds. The van der Waals surface area contributed by atoms with Gasteiger partial charge in [-0.15, -0.1) is 0 Å². The number of hydrogen-bond donors (Lipinski definition) is 0. The average molecular weight is 489 g/mol. The second kappa shape index (κ2) is 8.57. The van der Waals surface area contributed by atoms with E-state index in [0.717, 1.165) is 5.56 Å². The number of fused-ring (bicyclic) bond motifs is 1. The molecule has 1 aliphatic carbocycles. The van der Waals surface area contributed by atoms with Gasteiger partial charge in [-0.05, 0) is 38.8 Å². The SMILES string of the molecule is CCOC(=O)C[C@H]1C(=O)N(Cc2ccccc2)[C@@H]2C(=O)N(C(C)(C)C)[C@H]3CC(=O)c4ccccc4[C@]312. The lowest BCUT2D eigenvalue weighted by Crippen LogP contribution is -2.57. The van der Waals surface area contributed by atoms with Crippen LogP contribution in [0.3, 0.4) is 0 Å². The van der Waals surface area contributed by atoms with E-state index in [2.05, 4.69) is 0 Å². The molecule has 0 N–H and O–H groups in total. The summed E-state index contributed by atoms with van der Waals surface area (Å²) in [5.74, 6) is -1.76. The second-order valence-electron chi connectivity index (χ2n) is 10.9. The van der Waals surface area contributed by atoms with Gasteiger partial charge in [-0.25, -0.2) is 0 Å². The molecule has 2 aliphatic heterocycles. The lowest BCUT2D eigenvalue weighted by Gasteiger charge is -2.47. The summed E-state index contributed by atoms with van der Waals surface area (Å²) in [6, 6.07) is 15.5. The third-order valence-electron chi connectivity index (χ3n) is 7.92. The third kappa shape index (κ3) is 3.39. The van der Waals surface area contributed by atoms with Gasteiger partial charge in [0.25, 0.3) is 0 Å². The van der Waals surface area contributed by atoms with E-state index in [1.165, 1.54) is 0 Å². The highest BCUT2D eigenvalue weighted by Crippen LogP contribution is 2.59. The quantitative estimate of drug-likeness (QED) is 0.602. The number of esters is 1. The van der Waals surface area contributed by atoms with Gasteiger partial charge in [-0.3, -0.25) is 19.2 Å². The summed E-state index contributed by atoms with van der Waals surface area (Å²) in [6.07, 6.45) is -0.0267. The predicted molar refractivity (Wildman–Crippen MR) is 133 cm³/mol. The van der Waals surface area contributed by atoms with Crippen molar-refractivity contribution in [2.45, 2.75) is 70.1 Å². The molecule has 5 rings (SSSR count). The van der Waals surface area contributed by atoms with Crippen molar-refractivity contribution in [1.82, 2.24) is 9.80 Å². The fourth-order valence-corrected chi connectivity index (χ4v) is 6.79. The standard InChI is InChI=1S/C29H32N2O5/c1-5-36-24(33)15-21-26(34)30(17-18-11-7-6-8-12-18)25-27(35)31(28(2,3)4)23-16-22(32)19-13-9-10-14-20(19)29(21,23)25/h6-14,21,23,25H,5,15-17H2,1-4H3/t21-,23-,25+,29+/m0/s1. The molecule has 0 radical (unpaired) electrons. The van der Waals surface area contributed by atoms with Crippen molar-refractivity contribution in [1.29, 1.82) is 0 Å². The summed E-state index contributed by atoms with van der Waals surface area (Å²) in [7, 11) is 0. The molecule has 7 nitrogen and oxygen atoms in total. The van der Waals surface area contributed by atoms with Crippen molar-refractivity contribution in [3.05, 3.63) is 71.3 Å². The van der Waals surface area contributed by atoms with E-state index in [1.54, 1.807) is 28.9 Å². The summed E-state index contributed by atoms with van der Waals surface area (Å²) < 4.78 is 5.29. The number of hydrogen-bond acceptors (Lipinski definition) is 5. The van der Waals surface area contributed by atoms with Crippen molar-refractivity contribution < 1.29 is 23.9 Å². The zero-order chi connectivity index (χ0) is 25.8. The molecule has 7 heteroatoms. The van der Waals surface area contributed by atoms with Crippen LogP contribution in [0.4, 0.5) is 0 Å². The topological polar surface area (TPSA) is 84.0 Å². The number of ether oxygens (including phenoxy) is 1. The Morgan fingerprint density at radius 3 is 2.33 bits per heavy atom. The van der Waals surface area contributed by atoms with E-state index in [9.17, 15) is 19.2 Å². The maximum Gasteiger partial charge on any atom is 0.306 e. The Hall–Kier alpha value is -3.48. The Bertz CT molecular complexity index is 1230. The molecule has 2 saturated heterocycles. The van der Waals surface area contributed by atoms with Gasteiger partial charge in [0.1, 0.15) is 6.04 Å². The Morgan fingerprint density at radius 2 is 1.67 bits per heavy atom. The van der Waals surface area contributed by atoms with Gasteiger partial charge in [0.15, 0.2) is 5.78 Å². The summed E-state index contributed by atoms with van der Waals surface area (Å²) in [5, 5.41) is 0. The molecule has 3 aliphatic rings. The van der Waals surface area contributed by atoms with Crippen LogP contribution < -0.4 is 0 Å². The van der Waals surface area contributed by atoms with Gasteiger partial charge in [-0.2, -0.15) is 0 Å².